The quantitative estimate of drug-likeness (QED) is 0.250. The number of halogens is 3. The van der Waals surface area contributed by atoms with Crippen molar-refractivity contribution in [1.29, 1.82) is 0 Å². The van der Waals surface area contributed by atoms with Gasteiger partial charge in [-0.1, -0.05) is 12.0 Å². The van der Waals surface area contributed by atoms with Crippen molar-refractivity contribution in [2.75, 3.05) is 38.3 Å². The van der Waals surface area contributed by atoms with Crippen LogP contribution in [-0.2, 0) is 6.54 Å². The van der Waals surface area contributed by atoms with Gasteiger partial charge in [0, 0.05) is 35.8 Å². The van der Waals surface area contributed by atoms with Crippen LogP contribution in [0.2, 0.25) is 0 Å². The maximum Gasteiger partial charge on any atom is 0.406 e. The van der Waals surface area contributed by atoms with Gasteiger partial charge in [0.2, 0.25) is 0 Å². The van der Waals surface area contributed by atoms with E-state index in [0.29, 0.717) is 28.2 Å². The first kappa shape index (κ1) is 28.2. The van der Waals surface area contributed by atoms with Gasteiger partial charge in [0.25, 0.3) is 5.91 Å². The molecule has 1 saturated carbocycles. The monoisotopic (exact) mass is 541 g/mol. The Labute approximate surface area is 226 Å². The third-order valence-corrected chi connectivity index (χ3v) is 7.14. The van der Waals surface area contributed by atoms with Crippen molar-refractivity contribution in [2.45, 2.75) is 50.5 Å². The fraction of sp³-hybridized carbons (Fsp3) is 0.414. The molecule has 1 aliphatic carbocycles. The van der Waals surface area contributed by atoms with E-state index in [4.69, 9.17) is 0 Å². The van der Waals surface area contributed by atoms with E-state index in [2.05, 4.69) is 46.8 Å². The van der Waals surface area contributed by atoms with Gasteiger partial charge in [-0.05, 0) is 82.1 Å². The fourth-order valence-corrected chi connectivity index (χ4v) is 5.06. The highest BCUT2D eigenvalue weighted by molar-refractivity contribution is 5.95. The second kappa shape index (κ2) is 11.9. The minimum Gasteiger partial charge on any atom is -0.506 e. The van der Waals surface area contributed by atoms with Gasteiger partial charge >= 0.3 is 6.18 Å². The minimum atomic E-state index is -4.41. The molecule has 1 fully saturated rings. The van der Waals surface area contributed by atoms with Crippen molar-refractivity contribution in [3.63, 3.8) is 0 Å². The Morgan fingerprint density at radius 1 is 1.10 bits per heavy atom. The molecule has 208 valence electrons. The summed E-state index contributed by atoms with van der Waals surface area (Å²) in [4.78, 5) is 14.0. The second-order valence-corrected chi connectivity index (χ2v) is 10.0. The van der Waals surface area contributed by atoms with Crippen molar-refractivity contribution < 1.29 is 23.1 Å². The SMILES string of the molecule is CNC(=O)c1ccc(NCC#Cc2cc3c(N[C@H]4CC[C@@H](N(C)C)CC4)cccc3n2CC(F)(F)F)c(O)c1. The largest absolute Gasteiger partial charge is 0.506 e. The van der Waals surface area contributed by atoms with Crippen molar-refractivity contribution >= 4 is 28.2 Å². The van der Waals surface area contributed by atoms with Gasteiger partial charge in [-0.2, -0.15) is 13.2 Å². The molecule has 0 radical (unpaired) electrons. The average molecular weight is 542 g/mol. The summed E-state index contributed by atoms with van der Waals surface area (Å²) in [6.07, 6.45) is -0.268. The molecule has 10 heteroatoms. The zero-order valence-electron chi connectivity index (χ0n) is 22.3. The first-order valence-electron chi connectivity index (χ1n) is 13.0. The van der Waals surface area contributed by atoms with Gasteiger partial charge in [-0.25, -0.2) is 0 Å². The van der Waals surface area contributed by atoms with Crippen LogP contribution < -0.4 is 16.0 Å². The van der Waals surface area contributed by atoms with Crippen LogP contribution in [0.5, 0.6) is 5.75 Å². The highest BCUT2D eigenvalue weighted by atomic mass is 19.4. The predicted molar refractivity (Wildman–Crippen MR) is 148 cm³/mol. The summed E-state index contributed by atoms with van der Waals surface area (Å²) in [6.45, 7) is -1.06. The molecule has 1 heterocycles. The minimum absolute atomic E-state index is 0.0840. The van der Waals surface area contributed by atoms with Crippen LogP contribution in [-0.4, -0.2) is 66.4 Å². The molecule has 3 aromatic rings. The Morgan fingerprint density at radius 3 is 2.49 bits per heavy atom. The van der Waals surface area contributed by atoms with Crippen molar-refractivity contribution in [1.82, 2.24) is 14.8 Å². The second-order valence-electron chi connectivity index (χ2n) is 10.0. The number of nitrogens with zero attached hydrogens (tertiary/aromatic N) is 2. The van der Waals surface area contributed by atoms with Crippen LogP contribution in [0.25, 0.3) is 10.9 Å². The predicted octanol–water partition coefficient (Wildman–Crippen LogP) is 5.02. The molecule has 0 aliphatic heterocycles. The summed E-state index contributed by atoms with van der Waals surface area (Å²) >= 11 is 0. The normalized spacial score (nSPS) is 17.5. The van der Waals surface area contributed by atoms with Crippen molar-refractivity contribution in [3.8, 4) is 17.6 Å². The number of phenolic OH excluding ortho intramolecular Hbond substituents is 1. The number of hydrogen-bond donors (Lipinski definition) is 4. The molecule has 39 heavy (non-hydrogen) atoms. The van der Waals surface area contributed by atoms with Gasteiger partial charge in [0.1, 0.15) is 12.3 Å². The Kier molecular flexibility index (Phi) is 8.60. The molecule has 1 amide bonds. The van der Waals surface area contributed by atoms with Crippen LogP contribution in [0.4, 0.5) is 24.5 Å². The van der Waals surface area contributed by atoms with Crippen molar-refractivity contribution in [3.05, 3.63) is 53.7 Å². The lowest BCUT2D eigenvalue weighted by atomic mass is 9.90. The molecule has 0 atom stereocenters. The van der Waals surface area contributed by atoms with Crippen LogP contribution in [0, 0.1) is 11.8 Å². The van der Waals surface area contributed by atoms with E-state index in [1.807, 2.05) is 6.07 Å². The third kappa shape index (κ3) is 6.98. The smallest absolute Gasteiger partial charge is 0.406 e. The molecule has 1 aromatic heterocycles. The molecule has 0 unspecified atom stereocenters. The van der Waals surface area contributed by atoms with E-state index >= 15 is 0 Å². The summed E-state index contributed by atoms with van der Waals surface area (Å²) < 4.78 is 41.7. The van der Waals surface area contributed by atoms with E-state index in [1.165, 1.54) is 17.7 Å². The van der Waals surface area contributed by atoms with Gasteiger partial charge in [0.15, 0.2) is 0 Å². The maximum absolute atomic E-state index is 13.5. The highest BCUT2D eigenvalue weighted by Crippen LogP contribution is 2.32. The number of anilines is 2. The zero-order valence-corrected chi connectivity index (χ0v) is 22.3. The Morgan fingerprint density at radius 2 is 1.85 bits per heavy atom. The van der Waals surface area contributed by atoms with E-state index in [0.717, 1.165) is 31.4 Å². The summed E-state index contributed by atoms with van der Waals surface area (Å²) in [5.74, 6) is 5.28. The number of benzene rings is 2. The first-order valence-corrected chi connectivity index (χ1v) is 13.0. The summed E-state index contributed by atoms with van der Waals surface area (Å²) in [5, 5.41) is 19.9. The summed E-state index contributed by atoms with van der Waals surface area (Å²) in [7, 11) is 5.67. The van der Waals surface area contributed by atoms with E-state index < -0.39 is 12.7 Å². The number of fused-ring (bicyclic) bond motifs is 1. The van der Waals surface area contributed by atoms with Crippen molar-refractivity contribution in [2.24, 2.45) is 0 Å². The van der Waals surface area contributed by atoms with E-state index in [-0.39, 0.29) is 29.9 Å². The molecule has 1 aliphatic rings. The molecular weight excluding hydrogens is 507 g/mol. The third-order valence-electron chi connectivity index (χ3n) is 7.14. The number of nitrogens with one attached hydrogen (secondary N) is 3. The zero-order chi connectivity index (χ0) is 28.2. The molecule has 7 nitrogen and oxygen atoms in total. The molecule has 4 N–H and O–H groups in total. The van der Waals surface area contributed by atoms with Crippen LogP contribution in [0.3, 0.4) is 0 Å². The van der Waals surface area contributed by atoms with Gasteiger partial charge in [-0.15, -0.1) is 0 Å². The van der Waals surface area contributed by atoms with E-state index in [9.17, 15) is 23.1 Å². The van der Waals surface area contributed by atoms with Crippen LogP contribution >= 0.6 is 0 Å². The molecule has 0 spiro atoms. The number of aromatic hydroxyl groups is 1. The topological polar surface area (TPSA) is 81.6 Å². The number of aromatic nitrogens is 1. The fourth-order valence-electron chi connectivity index (χ4n) is 5.06. The number of carbonyl (C=O) groups excluding carboxylic acids is 1. The summed E-state index contributed by atoms with van der Waals surface area (Å²) in [5.41, 5.74) is 2.21. The van der Waals surface area contributed by atoms with Gasteiger partial charge < -0.3 is 30.5 Å². The molecule has 4 rings (SSSR count). The lowest BCUT2D eigenvalue weighted by molar-refractivity contribution is -0.140. The van der Waals surface area contributed by atoms with Gasteiger partial charge in [-0.3, -0.25) is 4.79 Å². The number of hydrogen-bond acceptors (Lipinski definition) is 5. The van der Waals surface area contributed by atoms with Gasteiger partial charge in [0.05, 0.1) is 23.4 Å². The number of carbonyl (C=O) groups is 1. The Hall–Kier alpha value is -3.84. The summed E-state index contributed by atoms with van der Waals surface area (Å²) in [6, 6.07) is 12.3. The molecular formula is C29H34F3N5O2. The molecule has 0 bridgehead atoms. The standard InChI is InChI=1S/C29H34F3N5O2/c1-33-28(39)19-9-14-25(27(38)16-19)34-15-5-6-22-17-23-24(35-20-10-12-21(13-11-20)36(2)3)7-4-8-26(23)37(22)18-29(30,31)32/h4,7-9,14,16-17,20-21,34-35,38H,10-13,15,18H2,1-3H3,(H,33,39)/t20-,21+. The molecule has 0 saturated heterocycles. The Balaban J connectivity index is 1.54. The lowest BCUT2D eigenvalue weighted by Crippen LogP contribution is -2.36. The number of rotatable bonds is 7. The van der Waals surface area contributed by atoms with Crippen LogP contribution in [0.15, 0.2) is 42.5 Å². The van der Waals surface area contributed by atoms with Crippen LogP contribution in [0.1, 0.15) is 41.7 Å². The number of alkyl halides is 3. The number of phenols is 1. The number of amides is 1. The average Bonchev–Trinajstić information content (AvgIpc) is 3.23. The Bertz CT molecular complexity index is 1380. The highest BCUT2D eigenvalue weighted by Gasteiger charge is 2.30. The maximum atomic E-state index is 13.5. The first-order chi connectivity index (χ1) is 18.6. The molecule has 2 aromatic carbocycles. The lowest BCUT2D eigenvalue weighted by Gasteiger charge is -2.33. The van der Waals surface area contributed by atoms with E-state index in [1.54, 1.807) is 30.3 Å².